The third-order valence-corrected chi connectivity index (χ3v) is 3.46. The van der Waals surface area contributed by atoms with E-state index in [9.17, 15) is 0 Å². The molecule has 0 aliphatic carbocycles. The van der Waals surface area contributed by atoms with Gasteiger partial charge in [0.25, 0.3) is 0 Å². The highest BCUT2D eigenvalue weighted by Gasteiger charge is 2.01. The van der Waals surface area contributed by atoms with Crippen molar-refractivity contribution in [3.05, 3.63) is 46.1 Å². The molecule has 88 valence electrons. The monoisotopic (exact) mass is 291 g/mol. The van der Waals surface area contributed by atoms with Crippen molar-refractivity contribution >= 4 is 33.1 Å². The molecule has 0 spiro atoms. The molecule has 3 nitrogen and oxygen atoms in total. The van der Waals surface area contributed by atoms with Gasteiger partial charge in [-0.1, -0.05) is 15.9 Å². The predicted molar refractivity (Wildman–Crippen MR) is 75.5 cm³/mol. The number of aryl methyl sites for hydroxylation is 2. The molecule has 4 heteroatoms. The summed E-state index contributed by atoms with van der Waals surface area (Å²) < 4.78 is 1.10. The highest BCUT2D eigenvalue weighted by atomic mass is 79.9. The van der Waals surface area contributed by atoms with E-state index < -0.39 is 0 Å². The van der Waals surface area contributed by atoms with E-state index in [1.54, 1.807) is 6.20 Å². The van der Waals surface area contributed by atoms with E-state index in [-0.39, 0.29) is 0 Å². The summed E-state index contributed by atoms with van der Waals surface area (Å²) in [6.07, 6.45) is 1.77. The lowest BCUT2D eigenvalue weighted by Gasteiger charge is -2.08. The Labute approximate surface area is 109 Å². The van der Waals surface area contributed by atoms with Crippen LogP contribution in [0.15, 0.2) is 34.9 Å². The number of benzene rings is 1. The zero-order valence-electron chi connectivity index (χ0n) is 9.79. The fourth-order valence-corrected chi connectivity index (χ4v) is 1.72. The van der Waals surface area contributed by atoms with E-state index in [1.807, 2.05) is 32.0 Å². The minimum Gasteiger partial charge on any atom is -0.398 e. The topological polar surface area (TPSA) is 50.9 Å². The minimum atomic E-state index is 0.747. The number of rotatable bonds is 2. The second-order valence-electron chi connectivity index (χ2n) is 4.02. The molecule has 0 saturated carbocycles. The number of nitrogen functional groups attached to an aromatic ring is 1. The summed E-state index contributed by atoms with van der Waals surface area (Å²) in [6, 6.07) is 7.90. The van der Waals surface area contributed by atoms with E-state index in [0.717, 1.165) is 27.2 Å². The average Bonchev–Trinajstić information content (AvgIpc) is 2.29. The normalized spacial score (nSPS) is 10.3. The van der Waals surface area contributed by atoms with Crippen LogP contribution in [0.2, 0.25) is 0 Å². The molecule has 0 aliphatic heterocycles. The van der Waals surface area contributed by atoms with Gasteiger partial charge in [-0.2, -0.15) is 0 Å². The van der Waals surface area contributed by atoms with Crippen LogP contribution in [0, 0.1) is 13.8 Å². The second kappa shape index (κ2) is 4.75. The van der Waals surface area contributed by atoms with Crippen LogP contribution >= 0.6 is 15.9 Å². The van der Waals surface area contributed by atoms with Crippen molar-refractivity contribution in [2.24, 2.45) is 0 Å². The van der Waals surface area contributed by atoms with Crippen molar-refractivity contribution in [1.82, 2.24) is 4.98 Å². The Morgan fingerprint density at radius 2 is 1.94 bits per heavy atom. The highest BCUT2D eigenvalue weighted by molar-refractivity contribution is 9.10. The Bertz CT molecular complexity index is 503. The summed E-state index contributed by atoms with van der Waals surface area (Å²) in [5, 5.41) is 3.23. The molecule has 0 unspecified atom stereocenters. The molecule has 0 atom stereocenters. The standard InChI is InChI=1S/C13H14BrN3/c1-8-5-10(3-4-11(8)14)17-13-6-12(15)9(2)7-16-13/h3-7H,1-2H3,(H3,15,16,17). The zero-order valence-corrected chi connectivity index (χ0v) is 11.4. The molecule has 0 bridgehead atoms. The maximum Gasteiger partial charge on any atom is 0.132 e. The van der Waals surface area contributed by atoms with Gasteiger partial charge in [-0.05, 0) is 43.2 Å². The van der Waals surface area contributed by atoms with Gasteiger partial charge in [0.05, 0.1) is 0 Å². The molecule has 0 amide bonds. The van der Waals surface area contributed by atoms with Gasteiger partial charge in [0.2, 0.25) is 0 Å². The van der Waals surface area contributed by atoms with Crippen LogP contribution in [-0.4, -0.2) is 4.98 Å². The van der Waals surface area contributed by atoms with E-state index in [1.165, 1.54) is 5.56 Å². The predicted octanol–water partition coefficient (Wildman–Crippen LogP) is 3.79. The summed E-state index contributed by atoms with van der Waals surface area (Å²) in [5.41, 5.74) is 9.75. The number of anilines is 3. The maximum atomic E-state index is 5.84. The van der Waals surface area contributed by atoms with Crippen LogP contribution in [-0.2, 0) is 0 Å². The first-order valence-corrected chi connectivity index (χ1v) is 6.11. The highest BCUT2D eigenvalue weighted by Crippen LogP contribution is 2.23. The summed E-state index contributed by atoms with van der Waals surface area (Å²) in [5.74, 6) is 0.759. The number of nitrogens with two attached hydrogens (primary N) is 1. The first-order valence-electron chi connectivity index (χ1n) is 5.31. The molecule has 3 N–H and O–H groups in total. The van der Waals surface area contributed by atoms with Gasteiger partial charge in [-0.15, -0.1) is 0 Å². The summed E-state index contributed by atoms with van der Waals surface area (Å²) in [4.78, 5) is 4.28. The molecule has 1 aromatic heterocycles. The minimum absolute atomic E-state index is 0.747. The van der Waals surface area contributed by atoms with Crippen LogP contribution in [0.3, 0.4) is 0 Å². The number of hydrogen-bond donors (Lipinski definition) is 2. The number of aromatic nitrogens is 1. The Morgan fingerprint density at radius 3 is 2.59 bits per heavy atom. The van der Waals surface area contributed by atoms with Gasteiger partial charge in [-0.25, -0.2) is 4.98 Å². The van der Waals surface area contributed by atoms with Gasteiger partial charge in [0.1, 0.15) is 5.82 Å². The lowest BCUT2D eigenvalue weighted by atomic mass is 10.2. The van der Waals surface area contributed by atoms with E-state index in [4.69, 9.17) is 5.73 Å². The Kier molecular flexibility index (Phi) is 3.33. The van der Waals surface area contributed by atoms with E-state index >= 15 is 0 Å². The number of pyridine rings is 1. The molecule has 2 rings (SSSR count). The van der Waals surface area contributed by atoms with Crippen LogP contribution in [0.25, 0.3) is 0 Å². The molecule has 1 heterocycles. The quantitative estimate of drug-likeness (QED) is 0.885. The SMILES string of the molecule is Cc1cnc(Nc2ccc(Br)c(C)c2)cc1N. The van der Waals surface area contributed by atoms with E-state index in [0.29, 0.717) is 0 Å². The maximum absolute atomic E-state index is 5.84. The summed E-state index contributed by atoms with van der Waals surface area (Å²) in [7, 11) is 0. The van der Waals surface area contributed by atoms with Crippen molar-refractivity contribution in [3.63, 3.8) is 0 Å². The molecule has 0 saturated heterocycles. The Balaban J connectivity index is 2.25. The fourth-order valence-electron chi connectivity index (χ4n) is 1.48. The third kappa shape index (κ3) is 2.77. The number of nitrogens with zero attached hydrogens (tertiary/aromatic N) is 1. The van der Waals surface area contributed by atoms with Gasteiger partial charge in [-0.3, -0.25) is 0 Å². The number of halogens is 1. The molecular formula is C13H14BrN3. The van der Waals surface area contributed by atoms with Crippen molar-refractivity contribution in [2.75, 3.05) is 11.1 Å². The van der Waals surface area contributed by atoms with Crippen molar-refractivity contribution in [2.45, 2.75) is 13.8 Å². The molecule has 0 fully saturated rings. The van der Waals surface area contributed by atoms with Crippen molar-refractivity contribution < 1.29 is 0 Å². The first-order chi connectivity index (χ1) is 8.06. The van der Waals surface area contributed by atoms with Gasteiger partial charge >= 0.3 is 0 Å². The fraction of sp³-hybridized carbons (Fsp3) is 0.154. The lowest BCUT2D eigenvalue weighted by molar-refractivity contribution is 1.26. The Hall–Kier alpha value is -1.55. The summed E-state index contributed by atoms with van der Waals surface area (Å²) >= 11 is 3.47. The van der Waals surface area contributed by atoms with Gasteiger partial charge < -0.3 is 11.1 Å². The average molecular weight is 292 g/mol. The molecule has 0 radical (unpaired) electrons. The third-order valence-electron chi connectivity index (χ3n) is 2.58. The zero-order chi connectivity index (χ0) is 12.4. The Morgan fingerprint density at radius 1 is 1.18 bits per heavy atom. The number of nitrogens with one attached hydrogen (secondary N) is 1. The summed E-state index contributed by atoms with van der Waals surface area (Å²) in [6.45, 7) is 3.99. The van der Waals surface area contributed by atoms with Crippen molar-refractivity contribution in [1.29, 1.82) is 0 Å². The second-order valence-corrected chi connectivity index (χ2v) is 4.87. The van der Waals surface area contributed by atoms with Crippen molar-refractivity contribution in [3.8, 4) is 0 Å². The van der Waals surface area contributed by atoms with Gasteiger partial charge in [0.15, 0.2) is 0 Å². The first kappa shape index (κ1) is 11.9. The molecule has 2 aromatic rings. The smallest absolute Gasteiger partial charge is 0.132 e. The van der Waals surface area contributed by atoms with E-state index in [2.05, 4.69) is 32.3 Å². The van der Waals surface area contributed by atoms with Gasteiger partial charge in [0, 0.05) is 28.1 Å². The lowest BCUT2D eigenvalue weighted by Crippen LogP contribution is -1.97. The van der Waals surface area contributed by atoms with Crippen LogP contribution < -0.4 is 11.1 Å². The number of hydrogen-bond acceptors (Lipinski definition) is 3. The largest absolute Gasteiger partial charge is 0.398 e. The molecular weight excluding hydrogens is 278 g/mol. The molecule has 1 aromatic carbocycles. The van der Waals surface area contributed by atoms with Crippen LogP contribution in [0.4, 0.5) is 17.2 Å². The molecule has 0 aliphatic rings. The molecule has 17 heavy (non-hydrogen) atoms. The van der Waals surface area contributed by atoms with Crippen LogP contribution in [0.1, 0.15) is 11.1 Å². The van der Waals surface area contributed by atoms with Crippen LogP contribution in [0.5, 0.6) is 0 Å².